The maximum atomic E-state index is 11.5. The van der Waals surface area contributed by atoms with Crippen molar-refractivity contribution in [3.63, 3.8) is 0 Å². The van der Waals surface area contributed by atoms with Crippen molar-refractivity contribution in [3.8, 4) is 17.0 Å². The van der Waals surface area contributed by atoms with Crippen molar-refractivity contribution >= 4 is 21.9 Å². The second-order valence-corrected chi connectivity index (χ2v) is 4.57. The number of H-pyrrole nitrogens is 1. The molecule has 19 heavy (non-hydrogen) atoms. The molecule has 0 bridgehead atoms. The standard InChI is InChI=1S/C13H13BrN2O3/c1-3-19-13(17)12-15-7-10(16-12)8-4-5-11(18-2)9(14)6-8/h4-7H,3H2,1-2H3,(H,15,16). The molecule has 0 spiro atoms. The second-order valence-electron chi connectivity index (χ2n) is 3.72. The zero-order valence-corrected chi connectivity index (χ0v) is 12.2. The first-order valence-electron chi connectivity index (χ1n) is 5.71. The number of aromatic nitrogens is 2. The molecule has 0 unspecified atom stereocenters. The third-order valence-electron chi connectivity index (χ3n) is 2.51. The minimum Gasteiger partial charge on any atom is -0.496 e. The summed E-state index contributed by atoms with van der Waals surface area (Å²) < 4.78 is 10.9. The molecular formula is C13H13BrN2O3. The molecule has 1 heterocycles. The molecule has 2 rings (SSSR count). The van der Waals surface area contributed by atoms with E-state index in [2.05, 4.69) is 25.9 Å². The van der Waals surface area contributed by atoms with Crippen LogP contribution < -0.4 is 4.74 Å². The number of rotatable bonds is 4. The van der Waals surface area contributed by atoms with E-state index in [0.717, 1.165) is 21.5 Å². The number of ether oxygens (including phenoxy) is 2. The van der Waals surface area contributed by atoms with E-state index in [4.69, 9.17) is 9.47 Å². The van der Waals surface area contributed by atoms with Gasteiger partial charge in [0.15, 0.2) is 0 Å². The highest BCUT2D eigenvalue weighted by atomic mass is 79.9. The number of hydrogen-bond donors (Lipinski definition) is 1. The van der Waals surface area contributed by atoms with Crippen LogP contribution in [0.1, 0.15) is 17.5 Å². The monoisotopic (exact) mass is 324 g/mol. The normalized spacial score (nSPS) is 10.3. The lowest BCUT2D eigenvalue weighted by molar-refractivity contribution is 0.0513. The third kappa shape index (κ3) is 2.96. The molecule has 0 saturated heterocycles. The molecule has 1 aromatic carbocycles. The topological polar surface area (TPSA) is 64.2 Å². The molecule has 1 N–H and O–H groups in total. The number of benzene rings is 1. The summed E-state index contributed by atoms with van der Waals surface area (Å²) in [5.41, 5.74) is 1.64. The molecule has 0 aliphatic rings. The zero-order chi connectivity index (χ0) is 13.8. The number of methoxy groups -OCH3 is 1. The number of hydrogen-bond acceptors (Lipinski definition) is 4. The van der Waals surface area contributed by atoms with E-state index in [-0.39, 0.29) is 5.82 Å². The maximum Gasteiger partial charge on any atom is 0.374 e. The molecule has 100 valence electrons. The zero-order valence-electron chi connectivity index (χ0n) is 10.6. The van der Waals surface area contributed by atoms with Crippen LogP contribution in [0.5, 0.6) is 5.75 Å². The minimum absolute atomic E-state index is 0.198. The van der Waals surface area contributed by atoms with Gasteiger partial charge in [-0.3, -0.25) is 0 Å². The van der Waals surface area contributed by atoms with Gasteiger partial charge < -0.3 is 14.5 Å². The van der Waals surface area contributed by atoms with Crippen LogP contribution in [0.15, 0.2) is 28.9 Å². The number of esters is 1. The second kappa shape index (κ2) is 5.88. The smallest absolute Gasteiger partial charge is 0.374 e. The van der Waals surface area contributed by atoms with Crippen LogP contribution in [0.25, 0.3) is 11.3 Å². The molecule has 0 atom stereocenters. The number of imidazole rings is 1. The van der Waals surface area contributed by atoms with Crippen LogP contribution in [-0.4, -0.2) is 29.7 Å². The molecule has 1 aromatic heterocycles. The van der Waals surface area contributed by atoms with Gasteiger partial charge in [0.1, 0.15) is 5.75 Å². The van der Waals surface area contributed by atoms with Crippen LogP contribution >= 0.6 is 15.9 Å². The van der Waals surface area contributed by atoms with E-state index in [0.29, 0.717) is 6.61 Å². The van der Waals surface area contributed by atoms with Crippen LogP contribution in [0.3, 0.4) is 0 Å². The Labute approximate surface area is 119 Å². The minimum atomic E-state index is -0.457. The molecule has 0 saturated carbocycles. The molecule has 2 aromatic rings. The summed E-state index contributed by atoms with van der Waals surface area (Å²) in [6, 6.07) is 5.61. The summed E-state index contributed by atoms with van der Waals surface area (Å²) in [5.74, 6) is 0.485. The number of carbonyl (C=O) groups excluding carboxylic acids is 1. The fourth-order valence-corrected chi connectivity index (χ4v) is 2.15. The number of nitrogens with one attached hydrogen (secondary N) is 1. The average molecular weight is 325 g/mol. The molecule has 0 aliphatic carbocycles. The van der Waals surface area contributed by atoms with Gasteiger partial charge >= 0.3 is 5.97 Å². The number of nitrogens with zero attached hydrogens (tertiary/aromatic N) is 1. The first-order chi connectivity index (χ1) is 9.15. The number of carbonyl (C=O) groups is 1. The van der Waals surface area contributed by atoms with E-state index in [1.807, 2.05) is 18.2 Å². The van der Waals surface area contributed by atoms with E-state index in [1.165, 1.54) is 0 Å². The van der Waals surface area contributed by atoms with Gasteiger partial charge in [-0.15, -0.1) is 0 Å². The Bertz CT molecular complexity index is 595. The van der Waals surface area contributed by atoms with Crippen LogP contribution in [-0.2, 0) is 4.74 Å². The van der Waals surface area contributed by atoms with Crippen LogP contribution in [0.2, 0.25) is 0 Å². The summed E-state index contributed by atoms with van der Waals surface area (Å²) in [6.07, 6.45) is 1.60. The van der Waals surface area contributed by atoms with Crippen LogP contribution in [0.4, 0.5) is 0 Å². The van der Waals surface area contributed by atoms with Gasteiger partial charge in [-0.2, -0.15) is 0 Å². The van der Waals surface area contributed by atoms with Gasteiger partial charge in [0.25, 0.3) is 0 Å². The summed E-state index contributed by atoms with van der Waals surface area (Å²) >= 11 is 3.41. The van der Waals surface area contributed by atoms with Crippen LogP contribution in [0, 0.1) is 0 Å². The Morgan fingerprint density at radius 1 is 1.47 bits per heavy atom. The predicted molar refractivity (Wildman–Crippen MR) is 74.2 cm³/mol. The Kier molecular flexibility index (Phi) is 4.21. The average Bonchev–Trinajstić information content (AvgIpc) is 2.88. The van der Waals surface area contributed by atoms with Gasteiger partial charge in [0.05, 0.1) is 30.1 Å². The highest BCUT2D eigenvalue weighted by molar-refractivity contribution is 9.10. The third-order valence-corrected chi connectivity index (χ3v) is 3.13. The van der Waals surface area contributed by atoms with Crippen molar-refractivity contribution in [1.82, 2.24) is 9.97 Å². The highest BCUT2D eigenvalue weighted by Gasteiger charge is 2.12. The number of aromatic amines is 1. The van der Waals surface area contributed by atoms with Crippen molar-refractivity contribution in [2.75, 3.05) is 13.7 Å². The lowest BCUT2D eigenvalue weighted by Crippen LogP contribution is -2.06. The lowest BCUT2D eigenvalue weighted by atomic mass is 10.2. The summed E-state index contributed by atoms with van der Waals surface area (Å²) in [4.78, 5) is 18.4. The van der Waals surface area contributed by atoms with Gasteiger partial charge in [-0.1, -0.05) is 0 Å². The SMILES string of the molecule is CCOC(=O)c1ncc(-c2ccc(OC)c(Br)c2)[nH]1. The van der Waals surface area contributed by atoms with Crippen molar-refractivity contribution in [1.29, 1.82) is 0 Å². The largest absolute Gasteiger partial charge is 0.496 e. The molecule has 0 radical (unpaired) electrons. The Balaban J connectivity index is 2.27. The first-order valence-corrected chi connectivity index (χ1v) is 6.51. The molecule has 0 fully saturated rings. The molecular weight excluding hydrogens is 312 g/mol. The predicted octanol–water partition coefficient (Wildman–Crippen LogP) is 3.02. The van der Waals surface area contributed by atoms with E-state index >= 15 is 0 Å². The lowest BCUT2D eigenvalue weighted by Gasteiger charge is -2.04. The molecule has 0 amide bonds. The van der Waals surface area contributed by atoms with Gasteiger partial charge in [0.2, 0.25) is 5.82 Å². The molecule has 5 nitrogen and oxygen atoms in total. The van der Waals surface area contributed by atoms with E-state index < -0.39 is 5.97 Å². The van der Waals surface area contributed by atoms with E-state index in [1.54, 1.807) is 20.2 Å². The number of halogens is 1. The van der Waals surface area contributed by atoms with Crippen molar-refractivity contribution in [2.45, 2.75) is 6.92 Å². The Morgan fingerprint density at radius 2 is 2.26 bits per heavy atom. The van der Waals surface area contributed by atoms with E-state index in [9.17, 15) is 4.79 Å². The van der Waals surface area contributed by atoms with Gasteiger partial charge in [-0.05, 0) is 41.1 Å². The van der Waals surface area contributed by atoms with Gasteiger partial charge in [-0.25, -0.2) is 9.78 Å². The first kappa shape index (κ1) is 13.6. The van der Waals surface area contributed by atoms with Crippen molar-refractivity contribution in [2.24, 2.45) is 0 Å². The summed E-state index contributed by atoms with van der Waals surface area (Å²) in [5, 5.41) is 0. The summed E-state index contributed by atoms with van der Waals surface area (Å²) in [7, 11) is 1.61. The fraction of sp³-hybridized carbons (Fsp3) is 0.231. The highest BCUT2D eigenvalue weighted by Crippen LogP contribution is 2.29. The maximum absolute atomic E-state index is 11.5. The van der Waals surface area contributed by atoms with Crippen molar-refractivity contribution < 1.29 is 14.3 Å². The summed E-state index contributed by atoms with van der Waals surface area (Å²) in [6.45, 7) is 2.07. The Hall–Kier alpha value is -1.82. The molecule has 6 heteroatoms. The molecule has 0 aliphatic heterocycles. The van der Waals surface area contributed by atoms with Crippen molar-refractivity contribution in [3.05, 3.63) is 34.7 Å². The fourth-order valence-electron chi connectivity index (χ4n) is 1.61. The van der Waals surface area contributed by atoms with Gasteiger partial charge in [0, 0.05) is 5.56 Å². The quantitative estimate of drug-likeness (QED) is 0.878. The Morgan fingerprint density at radius 3 is 2.89 bits per heavy atom.